The molecule has 0 heterocycles. The number of benzene rings is 2. The summed E-state index contributed by atoms with van der Waals surface area (Å²) in [6.07, 6.45) is 2.62. The average Bonchev–Trinajstić information content (AvgIpc) is 2.68. The van der Waals surface area contributed by atoms with Gasteiger partial charge in [0.15, 0.2) is 0 Å². The normalized spacial score (nSPS) is 11.7. The molecular formula is C20H26BClN2O3S. The van der Waals surface area contributed by atoms with Gasteiger partial charge in [0.2, 0.25) is 5.91 Å². The molecule has 1 amide bonds. The average molecular weight is 421 g/mol. The maximum absolute atomic E-state index is 12.5. The molecule has 0 aliphatic rings. The van der Waals surface area contributed by atoms with Crippen LogP contribution < -0.4 is 15.3 Å². The van der Waals surface area contributed by atoms with Gasteiger partial charge in [-0.15, -0.1) is 0 Å². The molecule has 1 atom stereocenters. The summed E-state index contributed by atoms with van der Waals surface area (Å²) in [4.78, 5) is 12.5. The minimum absolute atomic E-state index is 0.151. The van der Waals surface area contributed by atoms with Crippen LogP contribution in [0.4, 0.5) is 0 Å². The Morgan fingerprint density at radius 2 is 2.00 bits per heavy atom. The fourth-order valence-electron chi connectivity index (χ4n) is 2.68. The van der Waals surface area contributed by atoms with Gasteiger partial charge in [-0.1, -0.05) is 41.9 Å². The van der Waals surface area contributed by atoms with Gasteiger partial charge in [-0.25, -0.2) is 0 Å². The molecule has 0 spiro atoms. The van der Waals surface area contributed by atoms with E-state index in [-0.39, 0.29) is 5.91 Å². The highest BCUT2D eigenvalue weighted by Gasteiger charge is 2.20. The number of hydrogen-bond donors (Lipinski definition) is 3. The van der Waals surface area contributed by atoms with Gasteiger partial charge in [-0.05, 0) is 54.6 Å². The van der Waals surface area contributed by atoms with Gasteiger partial charge in [0, 0.05) is 11.6 Å². The Hall–Kier alpha value is -1.67. The molecule has 0 aliphatic heterocycles. The molecule has 2 aromatic carbocycles. The minimum Gasteiger partial charge on any atom is -0.489 e. The van der Waals surface area contributed by atoms with Crippen LogP contribution in [0.1, 0.15) is 17.5 Å². The van der Waals surface area contributed by atoms with Crippen LogP contribution in [-0.2, 0) is 17.9 Å². The van der Waals surface area contributed by atoms with Crippen LogP contribution in [0.5, 0.6) is 5.75 Å². The van der Waals surface area contributed by atoms with Crippen LogP contribution >= 0.6 is 23.4 Å². The summed E-state index contributed by atoms with van der Waals surface area (Å²) in [5.74, 6) is 1.33. The van der Waals surface area contributed by atoms with Crippen molar-refractivity contribution in [3.63, 3.8) is 0 Å². The Kier molecular flexibility index (Phi) is 9.71. The smallest absolute Gasteiger partial charge is 0.374 e. The van der Waals surface area contributed by atoms with E-state index in [1.165, 1.54) is 0 Å². The lowest BCUT2D eigenvalue weighted by Crippen LogP contribution is -2.49. The lowest BCUT2D eigenvalue weighted by molar-refractivity contribution is -0.123. The van der Waals surface area contributed by atoms with E-state index in [1.807, 2.05) is 42.7 Å². The van der Waals surface area contributed by atoms with Gasteiger partial charge in [-0.2, -0.15) is 11.8 Å². The van der Waals surface area contributed by atoms with Crippen molar-refractivity contribution in [2.45, 2.75) is 32.4 Å². The number of thioether (sulfide) groups is 1. The predicted octanol–water partition coefficient (Wildman–Crippen LogP) is 3.36. The van der Waals surface area contributed by atoms with E-state index in [1.54, 1.807) is 30.7 Å². The van der Waals surface area contributed by atoms with Crippen LogP contribution in [0.3, 0.4) is 0 Å². The Morgan fingerprint density at radius 3 is 2.68 bits per heavy atom. The largest absolute Gasteiger partial charge is 0.489 e. The van der Waals surface area contributed by atoms with Crippen LogP contribution in [-0.4, -0.2) is 36.0 Å². The molecule has 150 valence electrons. The highest BCUT2D eigenvalue weighted by Crippen LogP contribution is 2.22. The molecule has 28 heavy (non-hydrogen) atoms. The maximum Gasteiger partial charge on any atom is 0.374 e. The molecule has 2 rings (SSSR count). The highest BCUT2D eigenvalue weighted by atomic mass is 35.5. The number of hydrogen-bond acceptors (Lipinski definition) is 5. The molecule has 3 N–H and O–H groups in total. The van der Waals surface area contributed by atoms with Crippen molar-refractivity contribution in [2.75, 3.05) is 12.0 Å². The Labute approximate surface area is 176 Å². The maximum atomic E-state index is 12.5. The van der Waals surface area contributed by atoms with Gasteiger partial charge in [0.1, 0.15) is 12.4 Å². The van der Waals surface area contributed by atoms with Crippen molar-refractivity contribution in [3.8, 4) is 5.75 Å². The molecule has 0 aromatic heterocycles. The summed E-state index contributed by atoms with van der Waals surface area (Å²) >= 11 is 7.87. The van der Waals surface area contributed by atoms with Crippen molar-refractivity contribution in [1.29, 1.82) is 0 Å². The quantitative estimate of drug-likeness (QED) is 0.486. The third-order valence-electron chi connectivity index (χ3n) is 4.02. The van der Waals surface area contributed by atoms with Crippen molar-refractivity contribution in [2.24, 2.45) is 0 Å². The minimum atomic E-state index is -0.748. The second-order valence-electron chi connectivity index (χ2n) is 6.46. The number of ether oxygens (including phenoxy) is 1. The van der Waals surface area contributed by atoms with Gasteiger partial charge in [0.05, 0.1) is 6.04 Å². The number of rotatable bonds is 11. The van der Waals surface area contributed by atoms with Gasteiger partial charge in [0.25, 0.3) is 0 Å². The second kappa shape index (κ2) is 12.0. The summed E-state index contributed by atoms with van der Waals surface area (Å²) in [6, 6.07) is 14.9. The van der Waals surface area contributed by atoms with Crippen molar-refractivity contribution >= 4 is 36.3 Å². The number of nitrogens with one attached hydrogen (secondary N) is 2. The SMILES string of the molecule is CSCC[C@@H](NB(C)O)C(=O)NCc1cc(Cl)cc(OCc2ccccc2)c1. The molecule has 0 saturated heterocycles. The van der Waals surface area contributed by atoms with E-state index in [9.17, 15) is 9.82 Å². The highest BCUT2D eigenvalue weighted by molar-refractivity contribution is 7.98. The second-order valence-corrected chi connectivity index (χ2v) is 7.89. The molecule has 2 aromatic rings. The monoisotopic (exact) mass is 420 g/mol. The van der Waals surface area contributed by atoms with Gasteiger partial charge >= 0.3 is 7.05 Å². The molecule has 0 unspecified atom stereocenters. The summed E-state index contributed by atoms with van der Waals surface area (Å²) in [6.45, 7) is 2.38. The Balaban J connectivity index is 1.95. The number of amides is 1. The standard InChI is InChI=1S/C20H26BClN2O3S/c1-21(26)24-19(8-9-28-2)20(25)23-13-16-10-17(22)12-18(11-16)27-14-15-6-4-3-5-7-15/h3-7,10-12,19,24,26H,8-9,13-14H2,1-2H3,(H,23,25)/t19-/m1/s1. The van der Waals surface area contributed by atoms with Crippen molar-refractivity contribution in [1.82, 2.24) is 10.5 Å². The molecule has 0 saturated carbocycles. The van der Waals surface area contributed by atoms with Crippen LogP contribution in [0.25, 0.3) is 0 Å². The molecule has 0 bridgehead atoms. The summed E-state index contributed by atoms with van der Waals surface area (Å²) in [7, 11) is -0.748. The first-order valence-corrected chi connectivity index (χ1v) is 10.9. The van der Waals surface area contributed by atoms with Crippen molar-refractivity contribution < 1.29 is 14.6 Å². The molecule has 0 fully saturated rings. The zero-order valence-corrected chi connectivity index (χ0v) is 17.7. The van der Waals surface area contributed by atoms with Crippen LogP contribution in [0.2, 0.25) is 11.8 Å². The first-order valence-electron chi connectivity index (χ1n) is 9.15. The lowest BCUT2D eigenvalue weighted by Gasteiger charge is -2.19. The van der Waals surface area contributed by atoms with Crippen molar-refractivity contribution in [3.05, 3.63) is 64.7 Å². The van der Waals surface area contributed by atoms with Crippen LogP contribution in [0, 0.1) is 0 Å². The van der Waals surface area contributed by atoms with E-state index >= 15 is 0 Å². The fraction of sp³-hybridized carbons (Fsp3) is 0.350. The van der Waals surface area contributed by atoms with E-state index in [0.717, 1.165) is 16.9 Å². The molecular weight excluding hydrogens is 395 g/mol. The topological polar surface area (TPSA) is 70.6 Å². The molecule has 0 radical (unpaired) electrons. The Bertz CT molecular complexity index is 749. The van der Waals surface area contributed by atoms with E-state index in [2.05, 4.69) is 10.5 Å². The number of carbonyl (C=O) groups is 1. The first kappa shape index (κ1) is 22.6. The van der Waals surface area contributed by atoms with Gasteiger partial charge < -0.3 is 20.3 Å². The predicted molar refractivity (Wildman–Crippen MR) is 118 cm³/mol. The summed E-state index contributed by atoms with van der Waals surface area (Å²) in [5, 5.41) is 15.9. The fourth-order valence-corrected chi connectivity index (χ4v) is 3.40. The van der Waals surface area contributed by atoms with Crippen LogP contribution in [0.15, 0.2) is 48.5 Å². The molecule has 5 nitrogen and oxygen atoms in total. The zero-order valence-electron chi connectivity index (χ0n) is 16.2. The first-order chi connectivity index (χ1) is 13.5. The summed E-state index contributed by atoms with van der Waals surface area (Å²) in [5.41, 5.74) is 1.92. The van der Waals surface area contributed by atoms with Gasteiger partial charge in [-0.3, -0.25) is 4.79 Å². The lowest BCUT2D eigenvalue weighted by atomic mass is 9.86. The number of halogens is 1. The third-order valence-corrected chi connectivity index (χ3v) is 4.88. The third kappa shape index (κ3) is 8.14. The number of carbonyl (C=O) groups excluding carboxylic acids is 1. The molecule has 8 heteroatoms. The molecule has 0 aliphatic carbocycles. The van der Waals surface area contributed by atoms with E-state index in [4.69, 9.17) is 16.3 Å². The van der Waals surface area contributed by atoms with E-state index in [0.29, 0.717) is 30.3 Å². The zero-order chi connectivity index (χ0) is 20.4. The van der Waals surface area contributed by atoms with E-state index < -0.39 is 13.1 Å². The Morgan fingerprint density at radius 1 is 1.25 bits per heavy atom. The summed E-state index contributed by atoms with van der Waals surface area (Å²) < 4.78 is 5.83.